The minimum absolute atomic E-state index is 0.00625. The predicted molar refractivity (Wildman–Crippen MR) is 281 cm³/mol. The van der Waals surface area contributed by atoms with Gasteiger partial charge in [-0.2, -0.15) is 0 Å². The molecular weight excluding hydrogens is 963 g/mol. The standard InChI is InChI=1S/C51H89N9O12S/c1-34-35(2)43(36(3)37-23-25-51(13,14)70-42(34)37)73(67,68)58-45(53)56-27-18-21-38(57-40(62)24-29-54-39(61)22-16-15-17-26-52)44(64)55-28-19-30-59(46(65)71-49(7,8)9)31-20-32-60(47(66)72-50(10,11)12)33-41(63)69-48(4,5)6/h38H,15-33,52H2,1-14H3,(H,54,61)(H,55,64)(H,57,62)(H3,53,56,58)/t38-/m0/s1. The van der Waals surface area contributed by atoms with Crippen LogP contribution < -0.4 is 36.9 Å². The molecule has 0 unspecified atom stereocenters. The number of carbonyl (C=O) groups excluding carboxylic acids is 6. The van der Waals surface area contributed by atoms with Gasteiger partial charge in [-0.1, -0.05) is 6.42 Å². The third-order valence-electron chi connectivity index (χ3n) is 11.3. The van der Waals surface area contributed by atoms with E-state index in [0.717, 1.165) is 30.4 Å². The lowest BCUT2D eigenvalue weighted by Crippen LogP contribution is -2.48. The summed E-state index contributed by atoms with van der Waals surface area (Å²) in [6.45, 7) is 25.4. The highest BCUT2D eigenvalue weighted by molar-refractivity contribution is 7.90. The predicted octanol–water partition coefficient (Wildman–Crippen LogP) is 5.31. The van der Waals surface area contributed by atoms with Crippen LogP contribution in [0.15, 0.2) is 9.89 Å². The average molecular weight is 1050 g/mol. The maximum absolute atomic E-state index is 13.8. The van der Waals surface area contributed by atoms with Crippen LogP contribution in [0.5, 0.6) is 5.75 Å². The van der Waals surface area contributed by atoms with Crippen molar-refractivity contribution < 1.29 is 56.1 Å². The van der Waals surface area contributed by atoms with E-state index in [1.165, 1.54) is 9.80 Å². The van der Waals surface area contributed by atoms with Gasteiger partial charge < -0.3 is 51.3 Å². The number of esters is 1. The highest BCUT2D eigenvalue weighted by Gasteiger charge is 2.34. The number of sulfonamides is 1. The number of guanidine groups is 1. The van der Waals surface area contributed by atoms with Gasteiger partial charge in [0.2, 0.25) is 23.7 Å². The summed E-state index contributed by atoms with van der Waals surface area (Å²) in [5, 5.41) is 8.31. The van der Waals surface area contributed by atoms with Crippen LogP contribution >= 0.6 is 0 Å². The molecule has 2 rings (SSSR count). The second kappa shape index (κ2) is 28.3. The van der Waals surface area contributed by atoms with E-state index in [4.69, 9.17) is 30.4 Å². The molecule has 1 aliphatic heterocycles. The molecule has 0 aromatic heterocycles. The Kier molecular flexibility index (Phi) is 24.7. The third kappa shape index (κ3) is 24.0. The fourth-order valence-corrected chi connectivity index (χ4v) is 9.31. The first-order valence-corrected chi connectivity index (χ1v) is 27.0. The molecule has 5 amide bonds. The van der Waals surface area contributed by atoms with Crippen LogP contribution in [0.25, 0.3) is 0 Å². The van der Waals surface area contributed by atoms with Gasteiger partial charge in [-0.15, -0.1) is 0 Å². The minimum Gasteiger partial charge on any atom is -0.487 e. The Morgan fingerprint density at radius 3 is 1.92 bits per heavy atom. The number of aliphatic imine (C=N–C) groups is 1. The highest BCUT2D eigenvalue weighted by atomic mass is 32.2. The minimum atomic E-state index is -4.16. The molecule has 0 radical (unpaired) electrons. The van der Waals surface area contributed by atoms with Crippen molar-refractivity contribution in [2.75, 3.05) is 52.4 Å². The first-order chi connectivity index (χ1) is 33.6. The van der Waals surface area contributed by atoms with E-state index < -0.39 is 62.8 Å². The molecule has 0 bridgehead atoms. The Morgan fingerprint density at radius 2 is 1.32 bits per heavy atom. The van der Waals surface area contributed by atoms with Gasteiger partial charge in [0.05, 0.1) is 4.90 Å². The molecule has 1 heterocycles. The summed E-state index contributed by atoms with van der Waals surface area (Å²) in [6, 6.07) is -1.05. The fourth-order valence-electron chi connectivity index (χ4n) is 7.78. The third-order valence-corrected chi connectivity index (χ3v) is 13.0. The summed E-state index contributed by atoms with van der Waals surface area (Å²) in [5.74, 6) is -1.46. The van der Waals surface area contributed by atoms with Crippen molar-refractivity contribution >= 4 is 51.9 Å². The molecule has 1 atom stereocenters. The second-order valence-corrected chi connectivity index (χ2v) is 23.8. The molecule has 0 fully saturated rings. The number of nitrogens with zero attached hydrogens (tertiary/aromatic N) is 3. The van der Waals surface area contributed by atoms with Crippen LogP contribution in [-0.4, -0.2) is 141 Å². The van der Waals surface area contributed by atoms with Crippen LogP contribution in [0.3, 0.4) is 0 Å². The van der Waals surface area contributed by atoms with Gasteiger partial charge in [0.25, 0.3) is 10.0 Å². The summed E-state index contributed by atoms with van der Waals surface area (Å²) < 4.78 is 52.9. The van der Waals surface area contributed by atoms with Crippen molar-refractivity contribution in [1.82, 2.24) is 30.5 Å². The molecule has 0 saturated carbocycles. The fraction of sp³-hybridized carbons (Fsp3) is 0.745. The molecule has 1 aromatic rings. The molecule has 21 nitrogen and oxygen atoms in total. The van der Waals surface area contributed by atoms with Gasteiger partial charge in [-0.25, -0.2) is 22.7 Å². The molecule has 8 N–H and O–H groups in total. The van der Waals surface area contributed by atoms with Crippen molar-refractivity contribution in [2.24, 2.45) is 16.5 Å². The molecule has 1 aliphatic rings. The van der Waals surface area contributed by atoms with E-state index in [1.54, 1.807) is 76.2 Å². The first kappa shape index (κ1) is 63.7. The highest BCUT2D eigenvalue weighted by Crippen LogP contribution is 2.42. The summed E-state index contributed by atoms with van der Waals surface area (Å²) in [4.78, 5) is 85.5. The lowest BCUT2D eigenvalue weighted by molar-refractivity contribution is -0.156. The lowest BCUT2D eigenvalue weighted by Gasteiger charge is -2.35. The van der Waals surface area contributed by atoms with Crippen molar-refractivity contribution in [2.45, 2.75) is 201 Å². The number of fused-ring (bicyclic) bond motifs is 1. The van der Waals surface area contributed by atoms with E-state index in [9.17, 15) is 37.2 Å². The molecule has 22 heteroatoms. The van der Waals surface area contributed by atoms with E-state index in [0.29, 0.717) is 42.7 Å². The summed E-state index contributed by atoms with van der Waals surface area (Å²) in [5.41, 5.74) is 11.5. The Bertz CT molecular complexity index is 2200. The van der Waals surface area contributed by atoms with Crippen LogP contribution in [0.4, 0.5) is 9.59 Å². The number of nitrogens with one attached hydrogen (secondary N) is 4. The summed E-state index contributed by atoms with van der Waals surface area (Å²) in [7, 11) is -4.16. The number of unbranched alkanes of at least 4 members (excludes halogenated alkanes) is 2. The van der Waals surface area contributed by atoms with E-state index in [2.05, 4.69) is 25.7 Å². The van der Waals surface area contributed by atoms with Crippen LogP contribution in [0.2, 0.25) is 0 Å². The molecule has 0 saturated heterocycles. The molecule has 416 valence electrons. The number of ether oxygens (including phenoxy) is 4. The SMILES string of the molecule is Cc1c(C)c(S(=O)(=O)NC(N)=NCCC[C@H](NC(=O)CCNC(=O)CCCCCN)C(=O)NCCCN(CCCN(CC(=O)OC(C)(C)C)C(=O)OC(C)(C)C)C(=O)OC(C)(C)C)c(C)c2c1OC(C)(C)CC2. The number of carbonyl (C=O) groups is 6. The number of amides is 5. The topological polar surface area (TPSA) is 292 Å². The number of benzene rings is 1. The van der Waals surface area contributed by atoms with Crippen molar-refractivity contribution in [3.8, 4) is 5.75 Å². The van der Waals surface area contributed by atoms with Crippen LogP contribution in [0.1, 0.15) is 163 Å². The van der Waals surface area contributed by atoms with Gasteiger partial charge in [0, 0.05) is 52.1 Å². The maximum atomic E-state index is 13.8. The summed E-state index contributed by atoms with van der Waals surface area (Å²) in [6.07, 6.45) is 3.36. The van der Waals surface area contributed by atoms with Gasteiger partial charge >= 0.3 is 18.2 Å². The first-order valence-electron chi connectivity index (χ1n) is 25.5. The van der Waals surface area contributed by atoms with E-state index in [1.807, 2.05) is 20.8 Å². The Balaban J connectivity index is 2.19. The maximum Gasteiger partial charge on any atom is 0.410 e. The second-order valence-electron chi connectivity index (χ2n) is 22.2. The quantitative estimate of drug-likeness (QED) is 0.0225. The molecule has 1 aromatic carbocycles. The average Bonchev–Trinajstić information content (AvgIpc) is 3.23. The number of rotatable bonds is 26. The van der Waals surface area contributed by atoms with Gasteiger partial charge in [-0.3, -0.25) is 29.1 Å². The molecule has 73 heavy (non-hydrogen) atoms. The number of hydrogen-bond donors (Lipinski definition) is 6. The smallest absolute Gasteiger partial charge is 0.410 e. The van der Waals surface area contributed by atoms with Gasteiger partial charge in [0.15, 0.2) is 0 Å². The Hall–Kier alpha value is -5.38. The molecular formula is C51H89N9O12S. The Labute approximate surface area is 434 Å². The van der Waals surface area contributed by atoms with Gasteiger partial charge in [-0.05, 0) is 177 Å². The zero-order chi connectivity index (χ0) is 55.5. The van der Waals surface area contributed by atoms with Crippen molar-refractivity contribution in [3.05, 3.63) is 22.3 Å². The van der Waals surface area contributed by atoms with Crippen LogP contribution in [0, 0.1) is 20.8 Å². The molecule has 0 spiro atoms. The monoisotopic (exact) mass is 1050 g/mol. The lowest BCUT2D eigenvalue weighted by atomic mass is 9.88. The van der Waals surface area contributed by atoms with E-state index >= 15 is 0 Å². The number of nitrogens with two attached hydrogens (primary N) is 2. The largest absolute Gasteiger partial charge is 0.487 e. The molecule has 0 aliphatic carbocycles. The van der Waals surface area contributed by atoms with Gasteiger partial charge in [0.1, 0.15) is 40.7 Å². The number of hydrogen-bond acceptors (Lipinski definition) is 14. The van der Waals surface area contributed by atoms with Crippen LogP contribution in [-0.2, 0) is 49.8 Å². The van der Waals surface area contributed by atoms with Crippen molar-refractivity contribution in [3.63, 3.8) is 0 Å². The normalized spacial score (nSPS) is 14.2. The summed E-state index contributed by atoms with van der Waals surface area (Å²) >= 11 is 0. The van der Waals surface area contributed by atoms with E-state index in [-0.39, 0.29) is 100 Å². The Morgan fingerprint density at radius 1 is 0.726 bits per heavy atom. The zero-order valence-corrected chi connectivity index (χ0v) is 47.1. The van der Waals surface area contributed by atoms with Crippen molar-refractivity contribution in [1.29, 1.82) is 0 Å². The zero-order valence-electron chi connectivity index (χ0n) is 46.3.